The number of hydrogen-bond donors (Lipinski definition) is 1. The minimum absolute atomic E-state index is 0.292. The van der Waals surface area contributed by atoms with Gasteiger partial charge >= 0.3 is 0 Å². The summed E-state index contributed by atoms with van der Waals surface area (Å²) in [6.45, 7) is 0.421. The molecule has 0 aromatic heterocycles. The Balaban J connectivity index is 2.91. The quantitative estimate of drug-likeness (QED) is 0.544. The normalized spacial score (nSPS) is 16.2. The maximum atomic E-state index is 12.4. The SMILES string of the molecule is NCC1=CC=C(F)C=C=C1. The van der Waals surface area contributed by atoms with Gasteiger partial charge in [0.15, 0.2) is 0 Å². The van der Waals surface area contributed by atoms with Crippen LogP contribution in [0.25, 0.3) is 0 Å². The van der Waals surface area contributed by atoms with Gasteiger partial charge in [-0.15, -0.1) is 5.73 Å². The molecule has 0 atom stereocenters. The molecule has 0 heterocycles. The predicted octanol–water partition coefficient (Wildman–Crippen LogP) is 1.45. The van der Waals surface area contributed by atoms with Gasteiger partial charge in [0.1, 0.15) is 5.83 Å². The van der Waals surface area contributed by atoms with Crippen LogP contribution < -0.4 is 5.73 Å². The van der Waals surface area contributed by atoms with E-state index in [4.69, 9.17) is 5.73 Å². The summed E-state index contributed by atoms with van der Waals surface area (Å²) in [5.74, 6) is -0.292. The maximum Gasteiger partial charge on any atom is 0.130 e. The molecular weight excluding hydrogens is 129 g/mol. The highest BCUT2D eigenvalue weighted by molar-refractivity contribution is 5.31. The third-order valence-electron chi connectivity index (χ3n) is 1.18. The molecule has 0 radical (unpaired) electrons. The van der Waals surface area contributed by atoms with E-state index in [2.05, 4.69) is 5.73 Å². The summed E-state index contributed by atoms with van der Waals surface area (Å²) in [5, 5.41) is 0. The molecular formula is C8H8FN. The summed E-state index contributed by atoms with van der Waals surface area (Å²) >= 11 is 0. The van der Waals surface area contributed by atoms with E-state index in [1.54, 1.807) is 12.2 Å². The van der Waals surface area contributed by atoms with Crippen LogP contribution in [0, 0.1) is 0 Å². The second-order valence-corrected chi connectivity index (χ2v) is 1.95. The van der Waals surface area contributed by atoms with Crippen LogP contribution in [0.15, 0.2) is 41.4 Å². The van der Waals surface area contributed by atoms with Gasteiger partial charge in [0.25, 0.3) is 0 Å². The number of rotatable bonds is 1. The van der Waals surface area contributed by atoms with Crippen LogP contribution in [-0.4, -0.2) is 6.54 Å². The summed E-state index contributed by atoms with van der Waals surface area (Å²) < 4.78 is 12.4. The highest BCUT2D eigenvalue weighted by Crippen LogP contribution is 2.04. The van der Waals surface area contributed by atoms with Gasteiger partial charge in [-0.05, 0) is 17.7 Å². The van der Waals surface area contributed by atoms with Crippen LogP contribution in [0.5, 0.6) is 0 Å². The van der Waals surface area contributed by atoms with E-state index < -0.39 is 0 Å². The molecule has 0 spiro atoms. The van der Waals surface area contributed by atoms with E-state index in [9.17, 15) is 4.39 Å². The van der Waals surface area contributed by atoms with Crippen LogP contribution in [0.3, 0.4) is 0 Å². The fourth-order valence-electron chi connectivity index (χ4n) is 0.638. The van der Waals surface area contributed by atoms with Gasteiger partial charge in [0, 0.05) is 12.6 Å². The van der Waals surface area contributed by atoms with Crippen molar-refractivity contribution in [3.63, 3.8) is 0 Å². The van der Waals surface area contributed by atoms with Gasteiger partial charge in [0.2, 0.25) is 0 Å². The summed E-state index contributed by atoms with van der Waals surface area (Å²) in [4.78, 5) is 0. The predicted molar refractivity (Wildman–Crippen MR) is 39.0 cm³/mol. The fourth-order valence-corrected chi connectivity index (χ4v) is 0.638. The van der Waals surface area contributed by atoms with Crippen molar-refractivity contribution < 1.29 is 4.39 Å². The highest BCUT2D eigenvalue weighted by atomic mass is 19.1. The first kappa shape index (κ1) is 7.00. The topological polar surface area (TPSA) is 26.0 Å². The Morgan fingerprint density at radius 1 is 1.40 bits per heavy atom. The Kier molecular flexibility index (Phi) is 2.21. The van der Waals surface area contributed by atoms with Crippen LogP contribution in [0.1, 0.15) is 0 Å². The van der Waals surface area contributed by atoms with E-state index in [-0.39, 0.29) is 5.83 Å². The molecule has 1 rings (SSSR count). The summed E-state index contributed by atoms with van der Waals surface area (Å²) in [6.07, 6.45) is 5.97. The molecule has 0 aliphatic heterocycles. The van der Waals surface area contributed by atoms with Crippen molar-refractivity contribution in [2.24, 2.45) is 5.73 Å². The van der Waals surface area contributed by atoms with Gasteiger partial charge in [-0.3, -0.25) is 0 Å². The first-order valence-electron chi connectivity index (χ1n) is 3.02. The van der Waals surface area contributed by atoms with Crippen molar-refractivity contribution in [2.75, 3.05) is 6.54 Å². The average Bonchev–Trinajstić information content (AvgIpc) is 2.14. The van der Waals surface area contributed by atoms with Crippen molar-refractivity contribution >= 4 is 0 Å². The summed E-state index contributed by atoms with van der Waals surface area (Å²) in [5.41, 5.74) is 8.85. The van der Waals surface area contributed by atoms with E-state index in [1.165, 1.54) is 12.2 Å². The van der Waals surface area contributed by atoms with E-state index in [1.807, 2.05) is 0 Å². The third kappa shape index (κ3) is 1.69. The van der Waals surface area contributed by atoms with Crippen molar-refractivity contribution in [2.45, 2.75) is 0 Å². The van der Waals surface area contributed by atoms with Crippen molar-refractivity contribution in [1.29, 1.82) is 0 Å². The Labute approximate surface area is 59.0 Å². The van der Waals surface area contributed by atoms with Crippen molar-refractivity contribution in [1.82, 2.24) is 0 Å². The number of allylic oxidation sites excluding steroid dienone is 3. The van der Waals surface area contributed by atoms with Gasteiger partial charge in [-0.1, -0.05) is 6.08 Å². The third-order valence-corrected chi connectivity index (χ3v) is 1.18. The second-order valence-electron chi connectivity index (χ2n) is 1.95. The standard InChI is InChI=1S/C8H8FN/c9-8-3-1-2-7(6-10)4-5-8/h2-5H,6,10H2. The molecule has 1 nitrogen and oxygen atoms in total. The molecule has 10 heavy (non-hydrogen) atoms. The van der Waals surface area contributed by atoms with Gasteiger partial charge in [-0.25, -0.2) is 4.39 Å². The first-order chi connectivity index (χ1) is 4.83. The lowest BCUT2D eigenvalue weighted by Crippen LogP contribution is -1.99. The molecule has 2 N–H and O–H groups in total. The summed E-state index contributed by atoms with van der Waals surface area (Å²) in [7, 11) is 0. The Bertz CT molecular complexity index is 242. The smallest absolute Gasteiger partial charge is 0.130 e. The molecule has 2 heteroatoms. The molecule has 1 aliphatic carbocycles. The zero-order valence-electron chi connectivity index (χ0n) is 5.47. The van der Waals surface area contributed by atoms with Crippen LogP contribution in [0.4, 0.5) is 4.39 Å². The van der Waals surface area contributed by atoms with E-state index in [0.717, 1.165) is 5.57 Å². The van der Waals surface area contributed by atoms with Crippen molar-refractivity contribution in [3.8, 4) is 0 Å². The van der Waals surface area contributed by atoms with Crippen LogP contribution >= 0.6 is 0 Å². The largest absolute Gasteiger partial charge is 0.326 e. The molecule has 0 aromatic rings. The van der Waals surface area contributed by atoms with Gasteiger partial charge in [0.05, 0.1) is 0 Å². The molecule has 1 aliphatic rings. The zero-order valence-corrected chi connectivity index (χ0v) is 5.47. The molecule has 52 valence electrons. The molecule has 0 aromatic carbocycles. The molecule has 0 unspecified atom stereocenters. The molecule has 0 bridgehead atoms. The van der Waals surface area contributed by atoms with Crippen LogP contribution in [0.2, 0.25) is 0 Å². The van der Waals surface area contributed by atoms with E-state index >= 15 is 0 Å². The fraction of sp³-hybridized carbons (Fsp3) is 0.125. The highest BCUT2D eigenvalue weighted by Gasteiger charge is 1.90. The minimum Gasteiger partial charge on any atom is -0.326 e. The van der Waals surface area contributed by atoms with Crippen molar-refractivity contribution in [3.05, 3.63) is 41.4 Å². The number of halogens is 1. The second kappa shape index (κ2) is 3.16. The zero-order chi connectivity index (χ0) is 7.40. The Morgan fingerprint density at radius 2 is 2.20 bits per heavy atom. The van der Waals surface area contributed by atoms with E-state index in [0.29, 0.717) is 6.54 Å². The Morgan fingerprint density at radius 3 is 2.90 bits per heavy atom. The Hall–Kier alpha value is -1.11. The first-order valence-corrected chi connectivity index (χ1v) is 3.02. The number of hydrogen-bond acceptors (Lipinski definition) is 1. The number of nitrogens with two attached hydrogens (primary N) is 1. The van der Waals surface area contributed by atoms with Crippen LogP contribution in [-0.2, 0) is 0 Å². The van der Waals surface area contributed by atoms with Gasteiger partial charge in [-0.2, -0.15) is 0 Å². The monoisotopic (exact) mass is 137 g/mol. The average molecular weight is 137 g/mol. The molecule has 0 fully saturated rings. The van der Waals surface area contributed by atoms with Gasteiger partial charge < -0.3 is 5.73 Å². The lowest BCUT2D eigenvalue weighted by Gasteiger charge is -1.88. The minimum atomic E-state index is -0.292. The molecule has 0 saturated carbocycles. The lowest BCUT2D eigenvalue weighted by molar-refractivity contribution is 0.668. The maximum absolute atomic E-state index is 12.4. The summed E-state index contributed by atoms with van der Waals surface area (Å²) in [6, 6.07) is 0. The molecule has 0 saturated heterocycles. The molecule has 0 amide bonds. The lowest BCUT2D eigenvalue weighted by atomic mass is 10.2.